The predicted molar refractivity (Wildman–Crippen MR) is 84.0 cm³/mol. The number of urea groups is 1. The summed E-state index contributed by atoms with van der Waals surface area (Å²) >= 11 is 0. The normalized spacial score (nSPS) is 20.3. The van der Waals surface area contributed by atoms with E-state index >= 15 is 0 Å². The lowest BCUT2D eigenvalue weighted by Gasteiger charge is -2.26. The van der Waals surface area contributed by atoms with Crippen LogP contribution in [0.1, 0.15) is 31.9 Å². The molecule has 0 aliphatic carbocycles. The Hall–Kier alpha value is -1.95. The molecular formula is C17H22F2N2O2. The highest BCUT2D eigenvalue weighted by molar-refractivity contribution is 5.75. The fourth-order valence-corrected chi connectivity index (χ4v) is 2.66. The monoisotopic (exact) mass is 324 g/mol. The number of carbonyl (C=O) groups excluding carboxylic acids is 1. The van der Waals surface area contributed by atoms with E-state index in [1.165, 1.54) is 6.07 Å². The SMILES string of the molecule is C=C(C)CN(CC)C(=O)N[C@@H]1CCO[C@H]1c1ccc(F)c(F)c1. The molecule has 0 aromatic heterocycles. The summed E-state index contributed by atoms with van der Waals surface area (Å²) in [6.45, 7) is 9.06. The molecule has 0 bridgehead atoms. The smallest absolute Gasteiger partial charge is 0.317 e. The van der Waals surface area contributed by atoms with Gasteiger partial charge in [0.1, 0.15) is 6.10 Å². The van der Waals surface area contributed by atoms with Crippen LogP contribution in [0.5, 0.6) is 0 Å². The minimum absolute atomic E-state index is 0.210. The second kappa shape index (κ2) is 7.55. The van der Waals surface area contributed by atoms with Crippen molar-refractivity contribution in [3.63, 3.8) is 0 Å². The van der Waals surface area contributed by atoms with E-state index in [2.05, 4.69) is 11.9 Å². The summed E-state index contributed by atoms with van der Waals surface area (Å²) in [6.07, 6.45) is 0.151. The number of hydrogen-bond donors (Lipinski definition) is 1. The molecule has 0 spiro atoms. The summed E-state index contributed by atoms with van der Waals surface area (Å²) in [7, 11) is 0. The molecule has 1 aliphatic rings. The van der Waals surface area contributed by atoms with E-state index in [-0.39, 0.29) is 12.1 Å². The maximum atomic E-state index is 13.4. The van der Waals surface area contributed by atoms with Gasteiger partial charge in [-0.15, -0.1) is 0 Å². The van der Waals surface area contributed by atoms with Crippen LogP contribution in [0.2, 0.25) is 0 Å². The summed E-state index contributed by atoms with van der Waals surface area (Å²) in [5.74, 6) is -1.81. The summed E-state index contributed by atoms with van der Waals surface area (Å²) in [5, 5.41) is 2.92. The molecule has 2 rings (SSSR count). The minimum atomic E-state index is -0.916. The van der Waals surface area contributed by atoms with Crippen LogP contribution in [0, 0.1) is 11.6 Å². The molecule has 0 saturated carbocycles. The molecule has 1 aliphatic heterocycles. The minimum Gasteiger partial charge on any atom is -0.371 e. The molecule has 0 radical (unpaired) electrons. The van der Waals surface area contributed by atoms with Gasteiger partial charge < -0.3 is 15.0 Å². The Morgan fingerprint density at radius 1 is 1.43 bits per heavy atom. The zero-order valence-electron chi connectivity index (χ0n) is 13.4. The average Bonchev–Trinajstić information content (AvgIpc) is 2.95. The predicted octanol–water partition coefficient (Wildman–Crippen LogP) is 3.40. The highest BCUT2D eigenvalue weighted by Gasteiger charge is 2.32. The van der Waals surface area contributed by atoms with Crippen LogP contribution >= 0.6 is 0 Å². The summed E-state index contributed by atoms with van der Waals surface area (Å²) in [4.78, 5) is 14.0. The molecule has 1 heterocycles. The molecule has 6 heteroatoms. The van der Waals surface area contributed by atoms with Crippen molar-refractivity contribution in [1.82, 2.24) is 10.2 Å². The number of hydrogen-bond acceptors (Lipinski definition) is 2. The summed E-state index contributed by atoms with van der Waals surface area (Å²) in [5.41, 5.74) is 1.41. The van der Waals surface area contributed by atoms with Crippen LogP contribution < -0.4 is 5.32 Å². The molecule has 1 aromatic carbocycles. The number of ether oxygens (including phenoxy) is 1. The van der Waals surface area contributed by atoms with Crippen molar-refractivity contribution < 1.29 is 18.3 Å². The van der Waals surface area contributed by atoms with Crippen molar-refractivity contribution in [3.05, 3.63) is 47.5 Å². The molecule has 0 unspecified atom stereocenters. The largest absolute Gasteiger partial charge is 0.371 e. The van der Waals surface area contributed by atoms with E-state index in [1.807, 2.05) is 13.8 Å². The van der Waals surface area contributed by atoms with Crippen molar-refractivity contribution in [1.29, 1.82) is 0 Å². The summed E-state index contributed by atoms with van der Waals surface area (Å²) in [6, 6.07) is 3.20. The number of nitrogens with one attached hydrogen (secondary N) is 1. The van der Waals surface area contributed by atoms with Gasteiger partial charge in [-0.05, 0) is 38.0 Å². The van der Waals surface area contributed by atoms with Gasteiger partial charge in [0.2, 0.25) is 0 Å². The molecule has 1 aromatic rings. The number of carbonyl (C=O) groups is 1. The van der Waals surface area contributed by atoms with E-state index in [1.54, 1.807) is 4.90 Å². The number of rotatable bonds is 5. The Morgan fingerprint density at radius 2 is 2.17 bits per heavy atom. The van der Waals surface area contributed by atoms with E-state index in [0.29, 0.717) is 31.7 Å². The molecule has 1 fully saturated rings. The standard InChI is InChI=1S/C17H22F2N2O2/c1-4-21(10-11(2)3)17(22)20-15-7-8-23-16(15)12-5-6-13(18)14(19)9-12/h5-6,9,15-16H,2,4,7-8,10H2,1,3H3,(H,20,22)/t15-,16+/m1/s1. The van der Waals surface area contributed by atoms with Crippen molar-refractivity contribution in [2.75, 3.05) is 19.7 Å². The Balaban J connectivity index is 2.07. The van der Waals surface area contributed by atoms with Gasteiger partial charge in [0, 0.05) is 19.7 Å². The maximum absolute atomic E-state index is 13.4. The quantitative estimate of drug-likeness (QED) is 0.844. The lowest BCUT2D eigenvalue weighted by atomic mass is 10.0. The second-order valence-electron chi connectivity index (χ2n) is 5.78. The Morgan fingerprint density at radius 3 is 2.78 bits per heavy atom. The van der Waals surface area contributed by atoms with Crippen LogP contribution in [0.15, 0.2) is 30.4 Å². The van der Waals surface area contributed by atoms with E-state index in [4.69, 9.17) is 4.74 Å². The lowest BCUT2D eigenvalue weighted by molar-refractivity contribution is 0.0979. The van der Waals surface area contributed by atoms with Crippen LogP contribution in [0.3, 0.4) is 0 Å². The number of amides is 2. The molecule has 126 valence electrons. The third-order valence-corrected chi connectivity index (χ3v) is 3.80. The fraction of sp³-hybridized carbons (Fsp3) is 0.471. The number of benzene rings is 1. The first-order valence-electron chi connectivity index (χ1n) is 7.68. The zero-order chi connectivity index (χ0) is 17.0. The highest BCUT2D eigenvalue weighted by Crippen LogP contribution is 2.30. The van der Waals surface area contributed by atoms with Gasteiger partial charge in [0.05, 0.1) is 6.04 Å². The number of likely N-dealkylation sites (N-methyl/N-ethyl adjacent to an activating group) is 1. The lowest BCUT2D eigenvalue weighted by Crippen LogP contribution is -2.46. The number of nitrogens with zero attached hydrogens (tertiary/aromatic N) is 1. The first-order valence-corrected chi connectivity index (χ1v) is 7.68. The van der Waals surface area contributed by atoms with Gasteiger partial charge in [0.15, 0.2) is 11.6 Å². The molecule has 1 N–H and O–H groups in total. The van der Waals surface area contributed by atoms with Gasteiger partial charge in [-0.3, -0.25) is 0 Å². The third kappa shape index (κ3) is 4.28. The van der Waals surface area contributed by atoms with Crippen LogP contribution in [-0.2, 0) is 4.74 Å². The van der Waals surface area contributed by atoms with Crippen LogP contribution in [0.4, 0.5) is 13.6 Å². The van der Waals surface area contributed by atoms with Crippen molar-refractivity contribution in [2.24, 2.45) is 0 Å². The topological polar surface area (TPSA) is 41.6 Å². The van der Waals surface area contributed by atoms with Crippen LogP contribution in [-0.4, -0.2) is 36.7 Å². The van der Waals surface area contributed by atoms with Gasteiger partial charge in [-0.1, -0.05) is 18.2 Å². The Bertz CT molecular complexity index is 592. The van der Waals surface area contributed by atoms with Gasteiger partial charge in [0.25, 0.3) is 0 Å². The van der Waals surface area contributed by atoms with Gasteiger partial charge in [-0.2, -0.15) is 0 Å². The van der Waals surface area contributed by atoms with Crippen molar-refractivity contribution >= 4 is 6.03 Å². The highest BCUT2D eigenvalue weighted by atomic mass is 19.2. The number of halogens is 2. The summed E-state index contributed by atoms with van der Waals surface area (Å²) < 4.78 is 32.1. The van der Waals surface area contributed by atoms with Crippen molar-refractivity contribution in [2.45, 2.75) is 32.4 Å². The molecular weight excluding hydrogens is 302 g/mol. The molecule has 2 amide bonds. The first kappa shape index (κ1) is 17.4. The maximum Gasteiger partial charge on any atom is 0.317 e. The van der Waals surface area contributed by atoms with Gasteiger partial charge in [-0.25, -0.2) is 13.6 Å². The average molecular weight is 324 g/mol. The third-order valence-electron chi connectivity index (χ3n) is 3.80. The fourth-order valence-electron chi connectivity index (χ4n) is 2.66. The molecule has 4 nitrogen and oxygen atoms in total. The zero-order valence-corrected chi connectivity index (χ0v) is 13.4. The molecule has 23 heavy (non-hydrogen) atoms. The Kier molecular flexibility index (Phi) is 5.71. The van der Waals surface area contributed by atoms with Crippen LogP contribution in [0.25, 0.3) is 0 Å². The van der Waals surface area contributed by atoms with E-state index in [9.17, 15) is 13.6 Å². The second-order valence-corrected chi connectivity index (χ2v) is 5.78. The van der Waals surface area contributed by atoms with Gasteiger partial charge >= 0.3 is 6.03 Å². The Labute approximate surface area is 135 Å². The molecule has 2 atom stereocenters. The van der Waals surface area contributed by atoms with E-state index in [0.717, 1.165) is 17.7 Å². The van der Waals surface area contributed by atoms with E-state index < -0.39 is 17.7 Å². The van der Waals surface area contributed by atoms with Crippen molar-refractivity contribution in [3.8, 4) is 0 Å². The molecule has 1 saturated heterocycles. The first-order chi connectivity index (χ1) is 10.9.